The van der Waals surface area contributed by atoms with Crippen LogP contribution >= 0.6 is 0 Å². The molecule has 0 radical (unpaired) electrons. The number of ether oxygens (including phenoxy) is 2. The molecular formula is C17H25NO4. The lowest BCUT2D eigenvalue weighted by molar-refractivity contribution is -0.0980. The first-order valence-corrected chi connectivity index (χ1v) is 7.56. The monoisotopic (exact) mass is 307 g/mol. The quantitative estimate of drug-likeness (QED) is 0.782. The van der Waals surface area contributed by atoms with E-state index in [4.69, 9.17) is 14.3 Å². The molecule has 5 heteroatoms. The standard InChI is InChI=1S/C16H23NO3.CH2O/c1-3-19-16(18)14-4-6-15(7-5-14)20-12-13-8-10-17(2)11-9-13;1-2/h4-7,13H,3,8-12H2,1-2H3;1H2. The van der Waals surface area contributed by atoms with Crippen LogP contribution in [0.25, 0.3) is 0 Å². The molecule has 1 heterocycles. The Kier molecular flexibility index (Phi) is 8.22. The Hall–Kier alpha value is -1.88. The van der Waals surface area contributed by atoms with Crippen molar-refractivity contribution in [1.82, 2.24) is 4.90 Å². The summed E-state index contributed by atoms with van der Waals surface area (Å²) in [7, 11) is 2.16. The van der Waals surface area contributed by atoms with Gasteiger partial charge in [-0.25, -0.2) is 4.79 Å². The van der Waals surface area contributed by atoms with Gasteiger partial charge in [-0.2, -0.15) is 0 Å². The molecule has 0 aliphatic carbocycles. The molecule has 5 nitrogen and oxygen atoms in total. The fourth-order valence-corrected chi connectivity index (χ4v) is 2.34. The minimum absolute atomic E-state index is 0.283. The summed E-state index contributed by atoms with van der Waals surface area (Å²) in [5.41, 5.74) is 0.568. The van der Waals surface area contributed by atoms with Crippen LogP contribution in [0.15, 0.2) is 24.3 Å². The number of carbonyl (C=O) groups excluding carboxylic acids is 2. The van der Waals surface area contributed by atoms with E-state index in [1.165, 1.54) is 12.8 Å². The van der Waals surface area contributed by atoms with Crippen molar-refractivity contribution < 1.29 is 19.1 Å². The lowest BCUT2D eigenvalue weighted by Crippen LogP contribution is -2.32. The number of esters is 1. The van der Waals surface area contributed by atoms with Gasteiger partial charge in [-0.05, 0) is 70.1 Å². The number of hydrogen-bond acceptors (Lipinski definition) is 5. The van der Waals surface area contributed by atoms with Crippen molar-refractivity contribution >= 4 is 12.8 Å². The Bertz CT molecular complexity index is 438. The topological polar surface area (TPSA) is 55.8 Å². The number of carbonyl (C=O) groups is 2. The lowest BCUT2D eigenvalue weighted by Gasteiger charge is -2.28. The van der Waals surface area contributed by atoms with Gasteiger partial charge < -0.3 is 19.2 Å². The third-order valence-corrected chi connectivity index (χ3v) is 3.69. The van der Waals surface area contributed by atoms with Crippen LogP contribution < -0.4 is 4.74 Å². The van der Waals surface area contributed by atoms with Crippen LogP contribution in [0.5, 0.6) is 5.75 Å². The molecule has 0 bridgehead atoms. The van der Waals surface area contributed by atoms with Crippen LogP contribution in [0.2, 0.25) is 0 Å². The second-order valence-corrected chi connectivity index (χ2v) is 5.30. The smallest absolute Gasteiger partial charge is 0.338 e. The van der Waals surface area contributed by atoms with Crippen LogP contribution in [0, 0.1) is 5.92 Å². The molecule has 1 aliphatic heterocycles. The molecule has 0 saturated carbocycles. The highest BCUT2D eigenvalue weighted by atomic mass is 16.5. The molecule has 1 fully saturated rings. The van der Waals surface area contributed by atoms with Crippen molar-refractivity contribution in [3.63, 3.8) is 0 Å². The molecule has 0 amide bonds. The molecule has 22 heavy (non-hydrogen) atoms. The summed E-state index contributed by atoms with van der Waals surface area (Å²) < 4.78 is 10.8. The van der Waals surface area contributed by atoms with Crippen molar-refractivity contribution in [3.05, 3.63) is 29.8 Å². The van der Waals surface area contributed by atoms with E-state index in [0.717, 1.165) is 25.4 Å². The van der Waals surface area contributed by atoms with E-state index in [0.29, 0.717) is 18.1 Å². The maximum absolute atomic E-state index is 11.5. The van der Waals surface area contributed by atoms with Crippen LogP contribution in [-0.2, 0) is 9.53 Å². The van der Waals surface area contributed by atoms with Gasteiger partial charge in [0.2, 0.25) is 0 Å². The molecule has 0 aromatic heterocycles. The van der Waals surface area contributed by atoms with E-state index in [2.05, 4.69) is 11.9 Å². The van der Waals surface area contributed by atoms with Gasteiger partial charge in [0.25, 0.3) is 0 Å². The molecule has 1 aliphatic rings. The molecule has 0 atom stereocenters. The predicted molar refractivity (Wildman–Crippen MR) is 85.2 cm³/mol. The third kappa shape index (κ3) is 5.85. The van der Waals surface area contributed by atoms with Gasteiger partial charge in [-0.1, -0.05) is 0 Å². The Morgan fingerprint density at radius 3 is 2.36 bits per heavy atom. The first-order chi connectivity index (χ1) is 10.7. The highest BCUT2D eigenvalue weighted by molar-refractivity contribution is 5.89. The summed E-state index contributed by atoms with van der Waals surface area (Å²) in [5.74, 6) is 1.17. The number of nitrogens with zero attached hydrogens (tertiary/aromatic N) is 1. The second-order valence-electron chi connectivity index (χ2n) is 5.30. The fourth-order valence-electron chi connectivity index (χ4n) is 2.34. The van der Waals surface area contributed by atoms with Gasteiger partial charge in [0, 0.05) is 0 Å². The van der Waals surface area contributed by atoms with Crippen LogP contribution in [0.4, 0.5) is 0 Å². The van der Waals surface area contributed by atoms with Crippen molar-refractivity contribution in [2.75, 3.05) is 33.4 Å². The minimum Gasteiger partial charge on any atom is -0.493 e. The van der Waals surface area contributed by atoms with Gasteiger partial charge >= 0.3 is 5.97 Å². The summed E-state index contributed by atoms with van der Waals surface area (Å²) in [5, 5.41) is 0. The SMILES string of the molecule is C=O.CCOC(=O)c1ccc(OCC2CCN(C)CC2)cc1. The summed E-state index contributed by atoms with van der Waals surface area (Å²) in [6, 6.07) is 7.17. The summed E-state index contributed by atoms with van der Waals surface area (Å²) in [4.78, 5) is 21.9. The van der Waals surface area contributed by atoms with E-state index >= 15 is 0 Å². The maximum Gasteiger partial charge on any atom is 0.338 e. The molecule has 2 rings (SSSR count). The van der Waals surface area contributed by atoms with E-state index < -0.39 is 0 Å². The average molecular weight is 307 g/mol. The zero-order valence-electron chi connectivity index (χ0n) is 13.4. The maximum atomic E-state index is 11.5. The predicted octanol–water partition coefficient (Wildman–Crippen LogP) is 2.40. The van der Waals surface area contributed by atoms with Gasteiger partial charge in [0.15, 0.2) is 0 Å². The van der Waals surface area contributed by atoms with Crippen LogP contribution in [0.3, 0.4) is 0 Å². The summed E-state index contributed by atoms with van der Waals surface area (Å²) in [6.45, 7) is 7.25. The van der Waals surface area contributed by atoms with Crippen molar-refractivity contribution in [3.8, 4) is 5.75 Å². The van der Waals surface area contributed by atoms with Crippen LogP contribution in [0.1, 0.15) is 30.1 Å². The number of benzene rings is 1. The van der Waals surface area contributed by atoms with E-state index in [-0.39, 0.29) is 5.97 Å². The largest absolute Gasteiger partial charge is 0.493 e. The second kappa shape index (κ2) is 9.95. The number of rotatable bonds is 5. The van der Waals surface area contributed by atoms with Crippen LogP contribution in [-0.4, -0.2) is 51.0 Å². The zero-order chi connectivity index (χ0) is 16.4. The molecule has 1 saturated heterocycles. The van der Waals surface area contributed by atoms with Gasteiger partial charge in [-0.3, -0.25) is 0 Å². The van der Waals surface area contributed by atoms with E-state index in [9.17, 15) is 4.79 Å². The number of hydrogen-bond donors (Lipinski definition) is 0. The summed E-state index contributed by atoms with van der Waals surface area (Å²) >= 11 is 0. The molecule has 122 valence electrons. The number of piperidine rings is 1. The van der Waals surface area contributed by atoms with Crippen molar-refractivity contribution in [2.45, 2.75) is 19.8 Å². The third-order valence-electron chi connectivity index (χ3n) is 3.69. The normalized spacial score (nSPS) is 15.5. The minimum atomic E-state index is -0.283. The lowest BCUT2D eigenvalue weighted by atomic mass is 9.98. The van der Waals surface area contributed by atoms with Crippen molar-refractivity contribution in [2.24, 2.45) is 5.92 Å². The molecule has 0 spiro atoms. The Morgan fingerprint density at radius 2 is 1.82 bits per heavy atom. The van der Waals surface area contributed by atoms with Gasteiger partial charge in [0.1, 0.15) is 12.5 Å². The van der Waals surface area contributed by atoms with E-state index in [1.807, 2.05) is 18.9 Å². The fraction of sp³-hybridized carbons (Fsp3) is 0.529. The first kappa shape index (κ1) is 18.2. The van der Waals surface area contributed by atoms with Crippen molar-refractivity contribution in [1.29, 1.82) is 0 Å². The molecular weight excluding hydrogens is 282 g/mol. The average Bonchev–Trinajstić information content (AvgIpc) is 2.57. The molecule has 0 unspecified atom stereocenters. The Labute approximate surface area is 132 Å². The molecule has 0 N–H and O–H groups in total. The molecule has 1 aromatic rings. The Morgan fingerprint density at radius 1 is 1.23 bits per heavy atom. The zero-order valence-corrected chi connectivity index (χ0v) is 13.4. The first-order valence-electron chi connectivity index (χ1n) is 7.56. The van der Waals surface area contributed by atoms with Gasteiger partial charge in [0.05, 0.1) is 18.8 Å². The molecule has 1 aromatic carbocycles. The highest BCUT2D eigenvalue weighted by Gasteiger charge is 2.17. The summed E-state index contributed by atoms with van der Waals surface area (Å²) in [6.07, 6.45) is 2.38. The highest BCUT2D eigenvalue weighted by Crippen LogP contribution is 2.19. The Balaban J connectivity index is 0.00000116. The number of likely N-dealkylation sites (tertiary alicyclic amines) is 1. The van der Waals surface area contributed by atoms with E-state index in [1.54, 1.807) is 19.1 Å². The van der Waals surface area contributed by atoms with Gasteiger partial charge in [-0.15, -0.1) is 0 Å².